The lowest BCUT2D eigenvalue weighted by Gasteiger charge is -2.17. The van der Waals surface area contributed by atoms with Crippen molar-refractivity contribution in [1.82, 2.24) is 10.6 Å². The van der Waals surface area contributed by atoms with E-state index in [1.54, 1.807) is 18.9 Å². The van der Waals surface area contributed by atoms with Gasteiger partial charge in [0.1, 0.15) is 5.75 Å². The van der Waals surface area contributed by atoms with E-state index in [1.807, 2.05) is 55.5 Å². The average molecular weight is 379 g/mol. The predicted octanol–water partition coefficient (Wildman–Crippen LogP) is 3.91. The van der Waals surface area contributed by atoms with Crippen LogP contribution in [0, 0.1) is 0 Å². The number of amides is 1. The van der Waals surface area contributed by atoms with E-state index < -0.39 is 0 Å². The molecule has 1 atom stereocenters. The molecule has 0 bridgehead atoms. The number of hydrogen-bond acceptors (Lipinski definition) is 4. The Hall–Kier alpha value is -1.69. The van der Waals surface area contributed by atoms with Crippen molar-refractivity contribution in [3.8, 4) is 5.75 Å². The van der Waals surface area contributed by atoms with Gasteiger partial charge in [-0.2, -0.15) is 0 Å². The first kappa shape index (κ1) is 19.6. The van der Waals surface area contributed by atoms with Crippen molar-refractivity contribution in [2.75, 3.05) is 26.0 Å². The average Bonchev–Trinajstić information content (AvgIpc) is 2.64. The van der Waals surface area contributed by atoms with Crippen molar-refractivity contribution in [3.05, 3.63) is 59.1 Å². The van der Waals surface area contributed by atoms with Gasteiger partial charge in [0.25, 0.3) is 0 Å². The molecule has 0 aliphatic heterocycles. The number of methoxy groups -OCH3 is 1. The maximum Gasteiger partial charge on any atom is 0.234 e. The van der Waals surface area contributed by atoms with Crippen LogP contribution < -0.4 is 15.4 Å². The van der Waals surface area contributed by atoms with Crippen molar-refractivity contribution in [2.24, 2.45) is 0 Å². The summed E-state index contributed by atoms with van der Waals surface area (Å²) >= 11 is 7.54. The van der Waals surface area contributed by atoms with E-state index in [0.29, 0.717) is 6.54 Å². The molecular weight excluding hydrogens is 356 g/mol. The first-order valence-corrected chi connectivity index (χ1v) is 9.48. The Labute approximate surface area is 158 Å². The van der Waals surface area contributed by atoms with Gasteiger partial charge in [0, 0.05) is 33.8 Å². The van der Waals surface area contributed by atoms with Gasteiger partial charge in [0.2, 0.25) is 5.91 Å². The highest BCUT2D eigenvalue weighted by Gasteiger charge is 2.11. The molecule has 1 amide bonds. The molecule has 2 aromatic carbocycles. The largest absolute Gasteiger partial charge is 0.496 e. The molecule has 2 rings (SSSR count). The summed E-state index contributed by atoms with van der Waals surface area (Å²) in [7, 11) is 1.65. The Bertz CT molecular complexity index is 679. The van der Waals surface area contributed by atoms with E-state index in [-0.39, 0.29) is 18.5 Å². The molecule has 0 saturated heterocycles. The van der Waals surface area contributed by atoms with Crippen molar-refractivity contribution < 1.29 is 9.53 Å². The standard InChI is InChI=1S/C19H23ClN2O2S/c1-14(17-5-3-4-6-18(17)24-2)22-13-19(23)21-11-12-25-16-9-7-15(20)8-10-16/h3-10,14,22H,11-13H2,1-2H3,(H,21,23)/t14-/m0/s1. The molecule has 0 saturated carbocycles. The van der Waals surface area contributed by atoms with Crippen molar-refractivity contribution in [2.45, 2.75) is 17.9 Å². The summed E-state index contributed by atoms with van der Waals surface area (Å²) in [5, 5.41) is 6.87. The third-order valence-corrected chi connectivity index (χ3v) is 4.95. The molecule has 0 aliphatic carbocycles. The summed E-state index contributed by atoms with van der Waals surface area (Å²) in [5.41, 5.74) is 1.04. The molecule has 0 heterocycles. The van der Waals surface area contributed by atoms with Crippen LogP contribution in [-0.2, 0) is 4.79 Å². The summed E-state index contributed by atoms with van der Waals surface area (Å²) in [6, 6.07) is 15.5. The Morgan fingerprint density at radius 2 is 1.92 bits per heavy atom. The molecule has 2 aromatic rings. The van der Waals surface area contributed by atoms with E-state index in [9.17, 15) is 4.79 Å². The van der Waals surface area contributed by atoms with E-state index in [2.05, 4.69) is 10.6 Å². The second kappa shape index (κ2) is 10.3. The van der Waals surface area contributed by atoms with Crippen LogP contribution in [0.25, 0.3) is 0 Å². The van der Waals surface area contributed by atoms with Crippen LogP contribution in [0.5, 0.6) is 5.75 Å². The fraction of sp³-hybridized carbons (Fsp3) is 0.316. The molecule has 0 radical (unpaired) electrons. The molecular formula is C19H23ClN2O2S. The van der Waals surface area contributed by atoms with E-state index in [0.717, 1.165) is 27.0 Å². The molecule has 25 heavy (non-hydrogen) atoms. The first-order valence-electron chi connectivity index (χ1n) is 8.11. The van der Waals surface area contributed by atoms with Crippen molar-refractivity contribution in [1.29, 1.82) is 0 Å². The number of carbonyl (C=O) groups excluding carboxylic acids is 1. The normalized spacial score (nSPS) is 11.8. The molecule has 0 fully saturated rings. The Kier molecular flexibility index (Phi) is 8.12. The Morgan fingerprint density at radius 3 is 2.64 bits per heavy atom. The maximum atomic E-state index is 12.0. The number of benzene rings is 2. The Morgan fingerprint density at radius 1 is 1.20 bits per heavy atom. The van der Waals surface area contributed by atoms with Crippen LogP contribution in [0.4, 0.5) is 0 Å². The molecule has 6 heteroatoms. The molecule has 2 N–H and O–H groups in total. The van der Waals surface area contributed by atoms with Gasteiger partial charge in [-0.3, -0.25) is 4.79 Å². The van der Waals surface area contributed by atoms with Gasteiger partial charge in [-0.1, -0.05) is 29.8 Å². The van der Waals surface area contributed by atoms with Crippen LogP contribution in [0.15, 0.2) is 53.4 Å². The second-order valence-electron chi connectivity index (χ2n) is 5.50. The zero-order valence-electron chi connectivity index (χ0n) is 14.4. The van der Waals surface area contributed by atoms with Crippen LogP contribution in [0.1, 0.15) is 18.5 Å². The molecule has 0 aromatic heterocycles. The minimum absolute atomic E-state index is 0.0153. The fourth-order valence-electron chi connectivity index (χ4n) is 2.33. The highest BCUT2D eigenvalue weighted by atomic mass is 35.5. The molecule has 4 nitrogen and oxygen atoms in total. The number of ether oxygens (including phenoxy) is 1. The zero-order valence-corrected chi connectivity index (χ0v) is 16.0. The minimum atomic E-state index is -0.0153. The summed E-state index contributed by atoms with van der Waals surface area (Å²) in [5.74, 6) is 1.62. The number of hydrogen-bond donors (Lipinski definition) is 2. The third-order valence-electron chi connectivity index (χ3n) is 3.68. The molecule has 0 aliphatic rings. The number of halogens is 1. The number of rotatable bonds is 9. The van der Waals surface area contributed by atoms with Gasteiger partial charge in [0.15, 0.2) is 0 Å². The van der Waals surface area contributed by atoms with Crippen LogP contribution in [-0.4, -0.2) is 31.9 Å². The van der Waals surface area contributed by atoms with Gasteiger partial charge in [-0.25, -0.2) is 0 Å². The van der Waals surface area contributed by atoms with Gasteiger partial charge in [-0.15, -0.1) is 11.8 Å². The van der Waals surface area contributed by atoms with Gasteiger partial charge < -0.3 is 15.4 Å². The van der Waals surface area contributed by atoms with Crippen molar-refractivity contribution in [3.63, 3.8) is 0 Å². The lowest BCUT2D eigenvalue weighted by atomic mass is 10.1. The fourth-order valence-corrected chi connectivity index (χ4v) is 3.23. The SMILES string of the molecule is COc1ccccc1[C@H](C)NCC(=O)NCCSc1ccc(Cl)cc1. The second-order valence-corrected chi connectivity index (χ2v) is 7.10. The number of para-hydroxylation sites is 1. The van der Waals surface area contributed by atoms with E-state index in [1.165, 1.54) is 0 Å². The Balaban J connectivity index is 1.67. The number of nitrogens with one attached hydrogen (secondary N) is 2. The lowest BCUT2D eigenvalue weighted by molar-refractivity contribution is -0.120. The lowest BCUT2D eigenvalue weighted by Crippen LogP contribution is -2.36. The van der Waals surface area contributed by atoms with E-state index in [4.69, 9.17) is 16.3 Å². The highest BCUT2D eigenvalue weighted by molar-refractivity contribution is 7.99. The van der Waals surface area contributed by atoms with Gasteiger partial charge in [-0.05, 0) is 37.3 Å². The zero-order chi connectivity index (χ0) is 18.1. The topological polar surface area (TPSA) is 50.4 Å². The summed E-state index contributed by atoms with van der Waals surface area (Å²) in [4.78, 5) is 13.1. The third kappa shape index (κ3) is 6.61. The smallest absolute Gasteiger partial charge is 0.234 e. The highest BCUT2D eigenvalue weighted by Crippen LogP contribution is 2.24. The molecule has 0 unspecified atom stereocenters. The monoisotopic (exact) mass is 378 g/mol. The first-order chi connectivity index (χ1) is 12.1. The maximum absolute atomic E-state index is 12.0. The van der Waals surface area contributed by atoms with Crippen LogP contribution in [0.2, 0.25) is 5.02 Å². The number of carbonyl (C=O) groups is 1. The quantitative estimate of drug-likeness (QED) is 0.513. The van der Waals surface area contributed by atoms with E-state index >= 15 is 0 Å². The summed E-state index contributed by atoms with van der Waals surface area (Å²) in [6.45, 7) is 2.91. The van der Waals surface area contributed by atoms with Gasteiger partial charge in [0.05, 0.1) is 13.7 Å². The summed E-state index contributed by atoms with van der Waals surface area (Å²) < 4.78 is 5.35. The summed E-state index contributed by atoms with van der Waals surface area (Å²) in [6.07, 6.45) is 0. The molecule has 134 valence electrons. The molecule has 0 spiro atoms. The predicted molar refractivity (Wildman–Crippen MR) is 105 cm³/mol. The number of thioether (sulfide) groups is 1. The van der Waals surface area contributed by atoms with Gasteiger partial charge >= 0.3 is 0 Å². The van der Waals surface area contributed by atoms with Crippen LogP contribution in [0.3, 0.4) is 0 Å². The minimum Gasteiger partial charge on any atom is -0.496 e. The van der Waals surface area contributed by atoms with Crippen molar-refractivity contribution >= 4 is 29.3 Å². The van der Waals surface area contributed by atoms with Crippen LogP contribution >= 0.6 is 23.4 Å².